The second-order valence-electron chi connectivity index (χ2n) is 10.1. The van der Waals surface area contributed by atoms with Crippen LogP contribution in [0.15, 0.2) is 39.5 Å². The molecule has 0 radical (unpaired) electrons. The van der Waals surface area contributed by atoms with Crippen molar-refractivity contribution in [2.75, 3.05) is 6.61 Å². The molecule has 0 amide bonds. The minimum atomic E-state index is -0.826. The third kappa shape index (κ3) is 3.38. The molecule has 1 unspecified atom stereocenters. The highest BCUT2D eigenvalue weighted by atomic mass is 16.5. The Morgan fingerprint density at radius 2 is 1.83 bits per heavy atom. The van der Waals surface area contributed by atoms with Crippen molar-refractivity contribution in [3.05, 3.63) is 40.8 Å². The first kappa shape index (κ1) is 20.4. The van der Waals surface area contributed by atoms with Gasteiger partial charge in [-0.15, -0.1) is 0 Å². The number of hydrogen-bond donors (Lipinski definition) is 2. The molecular weight excluding hydrogens is 368 g/mol. The van der Waals surface area contributed by atoms with Crippen LogP contribution in [0.2, 0.25) is 0 Å². The van der Waals surface area contributed by atoms with E-state index < -0.39 is 5.60 Å². The average molecular weight is 401 g/mol. The summed E-state index contributed by atoms with van der Waals surface area (Å²) in [7, 11) is 0. The highest BCUT2D eigenvalue weighted by Gasteiger charge is 2.60. The van der Waals surface area contributed by atoms with Gasteiger partial charge in [0.2, 0.25) is 0 Å². The van der Waals surface area contributed by atoms with E-state index in [1.54, 1.807) is 12.1 Å². The average Bonchev–Trinajstić information content (AvgIpc) is 2.64. The standard InChI is InChI=1S/C24H32O5/c1-22(2)18-9-12-24(4,27)19(23(18,3)11-10-20(22)25)14-28-16-7-5-15-6-8-21(26)29-17(15)13-16/h5-8,13,18-20,25,27H,9-12,14H2,1-4H3/t18?,19-,20+,23+,24+/m0/s1. The van der Waals surface area contributed by atoms with Gasteiger partial charge in [-0.3, -0.25) is 0 Å². The van der Waals surface area contributed by atoms with Gasteiger partial charge >= 0.3 is 5.63 Å². The van der Waals surface area contributed by atoms with Gasteiger partial charge in [-0.05, 0) is 67.6 Å². The monoisotopic (exact) mass is 400 g/mol. The Hall–Kier alpha value is -1.85. The van der Waals surface area contributed by atoms with Crippen molar-refractivity contribution in [2.45, 2.75) is 65.1 Å². The Morgan fingerprint density at radius 1 is 1.10 bits per heavy atom. The van der Waals surface area contributed by atoms with E-state index >= 15 is 0 Å². The first-order valence-corrected chi connectivity index (χ1v) is 10.6. The summed E-state index contributed by atoms with van der Waals surface area (Å²) in [6, 6.07) is 8.62. The van der Waals surface area contributed by atoms with Gasteiger partial charge in [-0.1, -0.05) is 20.8 Å². The molecule has 2 aliphatic rings. The Bertz CT molecular complexity index is 959. The Balaban J connectivity index is 1.61. The van der Waals surface area contributed by atoms with Crippen molar-refractivity contribution in [1.82, 2.24) is 0 Å². The van der Waals surface area contributed by atoms with Crippen LogP contribution in [-0.4, -0.2) is 28.5 Å². The number of aliphatic hydroxyl groups is 2. The first-order chi connectivity index (χ1) is 13.5. The van der Waals surface area contributed by atoms with Gasteiger partial charge in [0.15, 0.2) is 0 Å². The first-order valence-electron chi connectivity index (χ1n) is 10.6. The van der Waals surface area contributed by atoms with Gasteiger partial charge in [0.05, 0.1) is 18.3 Å². The summed E-state index contributed by atoms with van der Waals surface area (Å²) in [6.07, 6.45) is 2.91. The van der Waals surface area contributed by atoms with E-state index in [0.717, 1.165) is 24.6 Å². The van der Waals surface area contributed by atoms with E-state index in [-0.39, 0.29) is 28.5 Å². The highest BCUT2D eigenvalue weighted by molar-refractivity contribution is 5.77. The van der Waals surface area contributed by atoms with Crippen LogP contribution in [0.25, 0.3) is 11.0 Å². The van der Waals surface area contributed by atoms with E-state index in [2.05, 4.69) is 20.8 Å². The molecule has 5 heteroatoms. The molecular formula is C24H32O5. The third-order valence-corrected chi connectivity index (χ3v) is 8.01. The Kier molecular flexibility index (Phi) is 4.82. The molecule has 5 nitrogen and oxygen atoms in total. The van der Waals surface area contributed by atoms with E-state index in [9.17, 15) is 15.0 Å². The van der Waals surface area contributed by atoms with Gasteiger partial charge in [0, 0.05) is 23.4 Å². The molecule has 0 spiro atoms. The molecule has 1 heterocycles. The fourth-order valence-electron chi connectivity index (χ4n) is 6.20. The summed E-state index contributed by atoms with van der Waals surface area (Å²) in [5.74, 6) is 0.893. The number of benzene rings is 1. The number of fused-ring (bicyclic) bond motifs is 2. The zero-order valence-corrected chi connectivity index (χ0v) is 17.8. The van der Waals surface area contributed by atoms with Gasteiger partial charge in [-0.25, -0.2) is 4.79 Å². The maximum atomic E-state index is 11.5. The topological polar surface area (TPSA) is 79.9 Å². The lowest BCUT2D eigenvalue weighted by Crippen LogP contribution is -2.61. The molecule has 2 fully saturated rings. The molecule has 4 rings (SSSR count). The molecule has 0 bridgehead atoms. The molecule has 0 aliphatic heterocycles. The maximum Gasteiger partial charge on any atom is 0.336 e. The third-order valence-electron chi connectivity index (χ3n) is 8.01. The van der Waals surface area contributed by atoms with Crippen LogP contribution in [-0.2, 0) is 0 Å². The van der Waals surface area contributed by atoms with Crippen LogP contribution < -0.4 is 10.4 Å². The van der Waals surface area contributed by atoms with Crippen molar-refractivity contribution < 1.29 is 19.4 Å². The van der Waals surface area contributed by atoms with Crippen LogP contribution in [0.1, 0.15) is 53.4 Å². The van der Waals surface area contributed by atoms with Gasteiger partial charge in [0.1, 0.15) is 11.3 Å². The van der Waals surface area contributed by atoms with Crippen molar-refractivity contribution >= 4 is 11.0 Å². The summed E-state index contributed by atoms with van der Waals surface area (Å²) in [5, 5.41) is 22.7. The van der Waals surface area contributed by atoms with E-state index in [0.29, 0.717) is 30.3 Å². The molecule has 158 valence electrons. The molecule has 2 saturated carbocycles. The second-order valence-corrected chi connectivity index (χ2v) is 10.1. The minimum absolute atomic E-state index is 0.0565. The highest BCUT2D eigenvalue weighted by Crippen LogP contribution is 2.61. The lowest BCUT2D eigenvalue weighted by atomic mass is 9.45. The fourth-order valence-corrected chi connectivity index (χ4v) is 6.20. The van der Waals surface area contributed by atoms with Gasteiger partial charge in [0.25, 0.3) is 0 Å². The Labute approximate surface area is 171 Å². The SMILES string of the molecule is CC1(C)C2CC[C@@](C)(O)[C@@H](COc3ccc4ccc(=O)oc4c3)[C@]2(C)CC[C@H]1O. The number of hydrogen-bond acceptors (Lipinski definition) is 5. The molecule has 2 N–H and O–H groups in total. The number of ether oxygens (including phenoxy) is 1. The minimum Gasteiger partial charge on any atom is -0.493 e. The summed E-state index contributed by atoms with van der Waals surface area (Å²) in [5.41, 5.74) is -1.02. The smallest absolute Gasteiger partial charge is 0.336 e. The Morgan fingerprint density at radius 3 is 2.59 bits per heavy atom. The molecule has 2 aliphatic carbocycles. The lowest BCUT2D eigenvalue weighted by molar-refractivity contribution is -0.201. The molecule has 0 saturated heterocycles. The normalized spacial score (nSPS) is 36.6. The molecule has 5 atom stereocenters. The van der Waals surface area contributed by atoms with E-state index in [1.165, 1.54) is 6.07 Å². The lowest BCUT2D eigenvalue weighted by Gasteiger charge is -2.62. The largest absolute Gasteiger partial charge is 0.493 e. The van der Waals surface area contributed by atoms with Crippen molar-refractivity contribution in [3.63, 3.8) is 0 Å². The number of rotatable bonds is 3. The predicted molar refractivity (Wildman–Crippen MR) is 112 cm³/mol. The summed E-state index contributed by atoms with van der Waals surface area (Å²) < 4.78 is 11.4. The van der Waals surface area contributed by atoms with Crippen LogP contribution in [0.5, 0.6) is 5.75 Å². The maximum absolute atomic E-state index is 11.5. The van der Waals surface area contributed by atoms with Crippen LogP contribution in [0, 0.1) is 22.7 Å². The fraction of sp³-hybridized carbons (Fsp3) is 0.625. The van der Waals surface area contributed by atoms with Crippen LogP contribution >= 0.6 is 0 Å². The van der Waals surface area contributed by atoms with Gasteiger partial charge in [-0.2, -0.15) is 0 Å². The summed E-state index contributed by atoms with van der Waals surface area (Å²) >= 11 is 0. The summed E-state index contributed by atoms with van der Waals surface area (Å²) in [4.78, 5) is 11.5. The van der Waals surface area contributed by atoms with Crippen molar-refractivity contribution in [2.24, 2.45) is 22.7 Å². The molecule has 29 heavy (non-hydrogen) atoms. The van der Waals surface area contributed by atoms with E-state index in [1.807, 2.05) is 19.1 Å². The number of aliphatic hydroxyl groups excluding tert-OH is 1. The van der Waals surface area contributed by atoms with Crippen LogP contribution in [0.3, 0.4) is 0 Å². The zero-order chi connectivity index (χ0) is 21.0. The molecule has 2 aromatic rings. The van der Waals surface area contributed by atoms with Gasteiger partial charge < -0.3 is 19.4 Å². The predicted octanol–water partition coefficient (Wildman–Crippen LogP) is 4.14. The molecule has 1 aromatic carbocycles. The molecule has 1 aromatic heterocycles. The quantitative estimate of drug-likeness (QED) is 0.757. The zero-order valence-electron chi connectivity index (χ0n) is 17.8. The second kappa shape index (κ2) is 6.85. The summed E-state index contributed by atoms with van der Waals surface area (Å²) in [6.45, 7) is 8.87. The van der Waals surface area contributed by atoms with E-state index in [4.69, 9.17) is 9.15 Å². The van der Waals surface area contributed by atoms with Crippen molar-refractivity contribution in [3.8, 4) is 5.75 Å². The van der Waals surface area contributed by atoms with Crippen molar-refractivity contribution in [1.29, 1.82) is 0 Å². The van der Waals surface area contributed by atoms with Crippen LogP contribution in [0.4, 0.5) is 0 Å².